The van der Waals surface area contributed by atoms with E-state index in [-0.39, 0.29) is 5.91 Å². The standard InChI is InChI=1S/C19H21N5OS/c1-3-15-9-7-8-14(2)19(15)20-18(25)13-26-12-17-21-22-23-24(17)16-10-5-4-6-11-16/h4-11H,3,12-13H2,1-2H3,(H,20,25). The van der Waals surface area contributed by atoms with Crippen LogP contribution in [0.3, 0.4) is 0 Å². The summed E-state index contributed by atoms with van der Waals surface area (Å²) in [6.45, 7) is 4.10. The van der Waals surface area contributed by atoms with Gasteiger partial charge in [0, 0.05) is 5.69 Å². The minimum absolute atomic E-state index is 0.0160. The SMILES string of the molecule is CCc1cccc(C)c1NC(=O)CSCc1nnnn1-c1ccccc1. The van der Waals surface area contributed by atoms with Gasteiger partial charge in [0.15, 0.2) is 5.82 Å². The molecule has 26 heavy (non-hydrogen) atoms. The Morgan fingerprint density at radius 3 is 2.73 bits per heavy atom. The maximum absolute atomic E-state index is 12.3. The van der Waals surface area contributed by atoms with Gasteiger partial charge in [-0.15, -0.1) is 16.9 Å². The van der Waals surface area contributed by atoms with Crippen LogP contribution in [0.4, 0.5) is 5.69 Å². The number of aryl methyl sites for hydroxylation is 2. The fourth-order valence-corrected chi connectivity index (χ4v) is 3.40. The molecule has 0 unspecified atom stereocenters. The Hall–Kier alpha value is -2.67. The topological polar surface area (TPSA) is 72.7 Å². The highest BCUT2D eigenvalue weighted by Crippen LogP contribution is 2.21. The number of rotatable bonds is 7. The molecule has 1 aromatic heterocycles. The van der Waals surface area contributed by atoms with E-state index in [0.29, 0.717) is 11.5 Å². The first kappa shape index (κ1) is 18.1. The molecule has 0 saturated carbocycles. The summed E-state index contributed by atoms with van der Waals surface area (Å²) in [6, 6.07) is 15.8. The van der Waals surface area contributed by atoms with Crippen LogP contribution in [-0.4, -0.2) is 31.9 Å². The Morgan fingerprint density at radius 2 is 1.96 bits per heavy atom. The summed E-state index contributed by atoms with van der Waals surface area (Å²) >= 11 is 1.49. The number of para-hydroxylation sites is 2. The smallest absolute Gasteiger partial charge is 0.234 e. The summed E-state index contributed by atoms with van der Waals surface area (Å²) < 4.78 is 1.70. The number of tetrazole rings is 1. The van der Waals surface area contributed by atoms with Gasteiger partial charge in [-0.05, 0) is 47.0 Å². The van der Waals surface area contributed by atoms with E-state index >= 15 is 0 Å². The predicted octanol–water partition coefficient (Wildman–Crippen LogP) is 3.41. The number of hydrogen-bond acceptors (Lipinski definition) is 5. The Balaban J connectivity index is 1.58. The van der Waals surface area contributed by atoms with Crippen LogP contribution in [0, 0.1) is 6.92 Å². The zero-order chi connectivity index (χ0) is 18.4. The Bertz CT molecular complexity index is 879. The van der Waals surface area contributed by atoms with Gasteiger partial charge in [0.25, 0.3) is 0 Å². The molecule has 0 atom stereocenters. The van der Waals surface area contributed by atoms with Gasteiger partial charge >= 0.3 is 0 Å². The van der Waals surface area contributed by atoms with Gasteiger partial charge in [-0.25, -0.2) is 0 Å². The molecule has 6 nitrogen and oxygen atoms in total. The Labute approximate surface area is 157 Å². The Morgan fingerprint density at radius 1 is 1.15 bits per heavy atom. The first-order chi connectivity index (χ1) is 12.7. The highest BCUT2D eigenvalue weighted by molar-refractivity contribution is 7.99. The quantitative estimate of drug-likeness (QED) is 0.693. The van der Waals surface area contributed by atoms with Crippen molar-refractivity contribution in [1.29, 1.82) is 0 Å². The van der Waals surface area contributed by atoms with Crippen LogP contribution in [0.25, 0.3) is 5.69 Å². The van der Waals surface area contributed by atoms with Crippen LogP contribution in [-0.2, 0) is 17.0 Å². The van der Waals surface area contributed by atoms with Crippen molar-refractivity contribution in [3.63, 3.8) is 0 Å². The number of amides is 1. The predicted molar refractivity (Wildman–Crippen MR) is 105 cm³/mol. The number of benzene rings is 2. The first-order valence-electron chi connectivity index (χ1n) is 8.47. The molecule has 1 amide bonds. The molecule has 0 spiro atoms. The van der Waals surface area contributed by atoms with Gasteiger partial charge in [-0.3, -0.25) is 4.79 Å². The second kappa shape index (κ2) is 8.62. The van der Waals surface area contributed by atoms with Crippen LogP contribution in [0.15, 0.2) is 48.5 Å². The summed E-state index contributed by atoms with van der Waals surface area (Å²) in [5.41, 5.74) is 4.06. The van der Waals surface area contributed by atoms with E-state index in [1.165, 1.54) is 11.8 Å². The molecular weight excluding hydrogens is 346 g/mol. The number of hydrogen-bond donors (Lipinski definition) is 1. The molecule has 1 N–H and O–H groups in total. The third kappa shape index (κ3) is 4.29. The summed E-state index contributed by atoms with van der Waals surface area (Å²) in [5.74, 6) is 1.61. The monoisotopic (exact) mass is 367 g/mol. The van der Waals surface area contributed by atoms with E-state index in [2.05, 4.69) is 27.8 Å². The van der Waals surface area contributed by atoms with Crippen molar-refractivity contribution in [2.45, 2.75) is 26.0 Å². The van der Waals surface area contributed by atoms with Gasteiger partial charge in [0.2, 0.25) is 5.91 Å². The second-order valence-electron chi connectivity index (χ2n) is 5.85. The number of nitrogens with one attached hydrogen (secondary N) is 1. The number of carbonyl (C=O) groups is 1. The fraction of sp³-hybridized carbons (Fsp3) is 0.263. The van der Waals surface area contributed by atoms with Crippen LogP contribution in [0.5, 0.6) is 0 Å². The molecule has 0 radical (unpaired) electrons. The van der Waals surface area contributed by atoms with Gasteiger partial charge < -0.3 is 5.32 Å². The molecule has 3 rings (SSSR count). The summed E-state index contributed by atoms with van der Waals surface area (Å²) in [6.07, 6.45) is 0.885. The molecule has 3 aromatic rings. The van der Waals surface area contributed by atoms with Gasteiger partial charge in [0.1, 0.15) is 0 Å². The molecule has 134 valence electrons. The third-order valence-electron chi connectivity index (χ3n) is 4.00. The first-order valence-corrected chi connectivity index (χ1v) is 9.63. The number of carbonyl (C=O) groups excluding carboxylic acids is 1. The van der Waals surface area contributed by atoms with Gasteiger partial charge in [0.05, 0.1) is 17.2 Å². The van der Waals surface area contributed by atoms with E-state index in [1.807, 2.05) is 55.5 Å². The lowest BCUT2D eigenvalue weighted by molar-refractivity contribution is -0.113. The lowest BCUT2D eigenvalue weighted by atomic mass is 10.1. The molecule has 0 aliphatic carbocycles. The Kier molecular flexibility index (Phi) is 6.01. The number of aromatic nitrogens is 4. The summed E-state index contributed by atoms with van der Waals surface area (Å²) in [7, 11) is 0. The molecule has 1 heterocycles. The number of anilines is 1. The van der Waals surface area contributed by atoms with E-state index in [4.69, 9.17) is 0 Å². The van der Waals surface area contributed by atoms with Crippen molar-refractivity contribution in [3.05, 3.63) is 65.5 Å². The van der Waals surface area contributed by atoms with Crippen molar-refractivity contribution in [1.82, 2.24) is 20.2 Å². The molecule has 2 aromatic carbocycles. The maximum atomic E-state index is 12.3. The number of nitrogens with zero attached hydrogens (tertiary/aromatic N) is 4. The van der Waals surface area contributed by atoms with E-state index in [1.54, 1.807) is 4.68 Å². The van der Waals surface area contributed by atoms with Crippen LogP contribution < -0.4 is 5.32 Å². The van der Waals surface area contributed by atoms with Crippen LogP contribution in [0.2, 0.25) is 0 Å². The third-order valence-corrected chi connectivity index (χ3v) is 4.93. The van der Waals surface area contributed by atoms with Crippen LogP contribution in [0.1, 0.15) is 23.9 Å². The molecule has 0 fully saturated rings. The minimum Gasteiger partial charge on any atom is -0.325 e. The average Bonchev–Trinajstić information content (AvgIpc) is 3.12. The van der Waals surface area contributed by atoms with E-state index in [9.17, 15) is 4.79 Å². The fourth-order valence-electron chi connectivity index (χ4n) is 2.68. The van der Waals surface area contributed by atoms with E-state index in [0.717, 1.165) is 34.7 Å². The lowest BCUT2D eigenvalue weighted by Crippen LogP contribution is -2.16. The highest BCUT2D eigenvalue weighted by Gasteiger charge is 2.11. The maximum Gasteiger partial charge on any atom is 0.234 e. The van der Waals surface area contributed by atoms with Gasteiger partial charge in [-0.1, -0.05) is 43.3 Å². The van der Waals surface area contributed by atoms with Gasteiger partial charge in [-0.2, -0.15) is 4.68 Å². The van der Waals surface area contributed by atoms with Crippen molar-refractivity contribution in [3.8, 4) is 5.69 Å². The molecule has 0 aliphatic rings. The van der Waals surface area contributed by atoms with Crippen molar-refractivity contribution >= 4 is 23.4 Å². The zero-order valence-electron chi connectivity index (χ0n) is 14.8. The van der Waals surface area contributed by atoms with Crippen molar-refractivity contribution in [2.75, 3.05) is 11.1 Å². The average molecular weight is 367 g/mol. The highest BCUT2D eigenvalue weighted by atomic mass is 32.2. The van der Waals surface area contributed by atoms with E-state index < -0.39 is 0 Å². The second-order valence-corrected chi connectivity index (χ2v) is 6.83. The molecule has 0 aliphatic heterocycles. The van der Waals surface area contributed by atoms with Crippen LogP contribution >= 0.6 is 11.8 Å². The molecule has 0 bridgehead atoms. The summed E-state index contributed by atoms with van der Waals surface area (Å²) in [4.78, 5) is 12.3. The lowest BCUT2D eigenvalue weighted by Gasteiger charge is -2.12. The zero-order valence-corrected chi connectivity index (χ0v) is 15.7. The summed E-state index contributed by atoms with van der Waals surface area (Å²) in [5, 5.41) is 14.9. The largest absolute Gasteiger partial charge is 0.325 e. The normalized spacial score (nSPS) is 10.7. The molecular formula is C19H21N5OS. The minimum atomic E-state index is -0.0160. The van der Waals surface area contributed by atoms with Crippen molar-refractivity contribution < 1.29 is 4.79 Å². The molecule has 0 saturated heterocycles. The number of thioether (sulfide) groups is 1. The molecule has 7 heteroatoms. The van der Waals surface area contributed by atoms with Crippen molar-refractivity contribution in [2.24, 2.45) is 0 Å².